The average Bonchev–Trinajstić information content (AvgIpc) is 2.43. The van der Waals surface area contributed by atoms with Crippen molar-refractivity contribution in [2.75, 3.05) is 47.1 Å². The van der Waals surface area contributed by atoms with Gasteiger partial charge in [-0.15, -0.1) is 0 Å². The number of benzene rings is 1. The summed E-state index contributed by atoms with van der Waals surface area (Å²) >= 11 is 3.41. The molecule has 0 spiro atoms. The third-order valence-corrected chi connectivity index (χ3v) is 3.84. The second-order valence-corrected chi connectivity index (χ2v) is 5.29. The molecule has 114 valence electrons. The van der Waals surface area contributed by atoms with Crippen LogP contribution in [0, 0.1) is 5.82 Å². The predicted molar refractivity (Wildman–Crippen MR) is 81.2 cm³/mol. The fraction of sp³-hybridized carbons (Fsp3) is 0.571. The van der Waals surface area contributed by atoms with Crippen molar-refractivity contribution in [2.24, 2.45) is 5.73 Å². The van der Waals surface area contributed by atoms with Crippen LogP contribution in [-0.2, 0) is 9.47 Å². The number of hydrogen-bond acceptors (Lipinski definition) is 4. The third kappa shape index (κ3) is 5.10. The molecule has 0 saturated carbocycles. The Morgan fingerprint density at radius 1 is 1.25 bits per heavy atom. The molecule has 6 heteroatoms. The summed E-state index contributed by atoms with van der Waals surface area (Å²) in [5.41, 5.74) is 6.89. The van der Waals surface area contributed by atoms with Crippen LogP contribution in [0.15, 0.2) is 22.7 Å². The van der Waals surface area contributed by atoms with Gasteiger partial charge in [0.25, 0.3) is 0 Å². The second kappa shape index (κ2) is 9.41. The summed E-state index contributed by atoms with van der Waals surface area (Å²) in [5.74, 6) is -0.267. The van der Waals surface area contributed by atoms with E-state index >= 15 is 0 Å². The molecule has 0 fully saturated rings. The van der Waals surface area contributed by atoms with Gasteiger partial charge in [0.1, 0.15) is 5.82 Å². The maximum absolute atomic E-state index is 13.2. The molecule has 1 aromatic rings. The number of hydrogen-bond donors (Lipinski definition) is 1. The summed E-state index contributed by atoms with van der Waals surface area (Å²) in [6.45, 7) is 3.15. The molecular weight excluding hydrogens is 327 g/mol. The lowest BCUT2D eigenvalue weighted by Gasteiger charge is -2.31. The monoisotopic (exact) mass is 348 g/mol. The van der Waals surface area contributed by atoms with Gasteiger partial charge in [-0.2, -0.15) is 0 Å². The molecule has 4 nitrogen and oxygen atoms in total. The Balaban J connectivity index is 2.92. The maximum atomic E-state index is 13.2. The smallest absolute Gasteiger partial charge is 0.124 e. The number of nitrogens with two attached hydrogens (primary N) is 1. The van der Waals surface area contributed by atoms with Gasteiger partial charge in [-0.25, -0.2) is 4.39 Å². The lowest BCUT2D eigenvalue weighted by molar-refractivity contribution is 0.0889. The molecule has 0 aliphatic heterocycles. The van der Waals surface area contributed by atoms with Crippen LogP contribution in [0.5, 0.6) is 0 Å². The lowest BCUT2D eigenvalue weighted by atomic mass is 10.1. The Morgan fingerprint density at radius 3 is 2.30 bits per heavy atom. The van der Waals surface area contributed by atoms with E-state index < -0.39 is 0 Å². The van der Waals surface area contributed by atoms with Crippen molar-refractivity contribution in [2.45, 2.75) is 6.04 Å². The van der Waals surface area contributed by atoms with Gasteiger partial charge in [-0.05, 0) is 17.7 Å². The Bertz CT molecular complexity index is 399. The summed E-state index contributed by atoms with van der Waals surface area (Å²) in [4.78, 5) is 2.19. The van der Waals surface area contributed by atoms with Gasteiger partial charge in [-0.1, -0.05) is 22.0 Å². The number of methoxy groups -OCH3 is 2. The van der Waals surface area contributed by atoms with Crippen molar-refractivity contribution in [1.29, 1.82) is 0 Å². The van der Waals surface area contributed by atoms with Crippen LogP contribution in [0.25, 0.3) is 0 Å². The van der Waals surface area contributed by atoms with E-state index in [-0.39, 0.29) is 11.9 Å². The van der Waals surface area contributed by atoms with Gasteiger partial charge < -0.3 is 15.2 Å². The van der Waals surface area contributed by atoms with E-state index in [1.165, 1.54) is 12.1 Å². The summed E-state index contributed by atoms with van der Waals surface area (Å²) in [7, 11) is 3.33. The Morgan fingerprint density at radius 2 is 1.85 bits per heavy atom. The van der Waals surface area contributed by atoms with E-state index in [4.69, 9.17) is 15.2 Å². The molecule has 1 atom stereocenters. The van der Waals surface area contributed by atoms with Crippen molar-refractivity contribution < 1.29 is 13.9 Å². The third-order valence-electron chi connectivity index (χ3n) is 3.15. The number of halogens is 2. The molecule has 0 saturated heterocycles. The minimum atomic E-state index is -0.267. The second-order valence-electron chi connectivity index (χ2n) is 4.44. The van der Waals surface area contributed by atoms with E-state index in [2.05, 4.69) is 20.8 Å². The van der Waals surface area contributed by atoms with Crippen molar-refractivity contribution in [3.63, 3.8) is 0 Å². The highest BCUT2D eigenvalue weighted by Gasteiger charge is 2.21. The quantitative estimate of drug-likeness (QED) is 0.743. The standard InChI is InChI=1S/C14H22BrFN2O2/c1-19-7-5-18(6-8-20-2)14(10-17)12-4-3-11(16)9-13(12)15/h3-4,9,14H,5-8,10,17H2,1-2H3. The van der Waals surface area contributed by atoms with E-state index in [0.717, 1.165) is 23.1 Å². The van der Waals surface area contributed by atoms with Crippen LogP contribution in [0.2, 0.25) is 0 Å². The van der Waals surface area contributed by atoms with E-state index in [0.29, 0.717) is 19.8 Å². The fourth-order valence-electron chi connectivity index (χ4n) is 2.09. The first-order valence-corrected chi connectivity index (χ1v) is 7.30. The average molecular weight is 349 g/mol. The van der Waals surface area contributed by atoms with Crippen LogP contribution >= 0.6 is 15.9 Å². The minimum absolute atomic E-state index is 0.00438. The van der Waals surface area contributed by atoms with Crippen LogP contribution in [0.1, 0.15) is 11.6 Å². The van der Waals surface area contributed by atoms with Crippen LogP contribution in [0.4, 0.5) is 4.39 Å². The van der Waals surface area contributed by atoms with Gasteiger partial charge in [0.05, 0.1) is 13.2 Å². The largest absolute Gasteiger partial charge is 0.383 e. The van der Waals surface area contributed by atoms with Crippen molar-refractivity contribution >= 4 is 15.9 Å². The molecule has 0 radical (unpaired) electrons. The number of ether oxygens (including phenoxy) is 2. The van der Waals surface area contributed by atoms with Gasteiger partial charge >= 0.3 is 0 Å². The number of rotatable bonds is 9. The molecule has 0 bridgehead atoms. The normalized spacial score (nSPS) is 12.9. The molecule has 0 aliphatic carbocycles. The topological polar surface area (TPSA) is 47.7 Å². The first kappa shape index (κ1) is 17.5. The number of nitrogens with zero attached hydrogens (tertiary/aromatic N) is 1. The Hall–Kier alpha value is -0.530. The predicted octanol–water partition coefficient (Wildman–Crippen LogP) is 2.18. The highest BCUT2D eigenvalue weighted by atomic mass is 79.9. The van der Waals surface area contributed by atoms with Crippen LogP contribution in [-0.4, -0.2) is 52.0 Å². The molecular formula is C14H22BrFN2O2. The van der Waals surface area contributed by atoms with E-state index in [9.17, 15) is 4.39 Å². The molecule has 0 amide bonds. The van der Waals surface area contributed by atoms with E-state index in [1.807, 2.05) is 0 Å². The van der Waals surface area contributed by atoms with E-state index in [1.54, 1.807) is 20.3 Å². The van der Waals surface area contributed by atoms with Gasteiger partial charge in [0.2, 0.25) is 0 Å². The lowest BCUT2D eigenvalue weighted by Crippen LogP contribution is -2.38. The molecule has 0 heterocycles. The zero-order chi connectivity index (χ0) is 15.0. The molecule has 0 aromatic heterocycles. The maximum Gasteiger partial charge on any atom is 0.124 e. The first-order chi connectivity index (χ1) is 9.63. The Labute approximate surface area is 128 Å². The zero-order valence-electron chi connectivity index (χ0n) is 11.9. The van der Waals surface area contributed by atoms with Gasteiger partial charge in [0.15, 0.2) is 0 Å². The Kier molecular flexibility index (Phi) is 8.25. The molecule has 1 aromatic carbocycles. The zero-order valence-corrected chi connectivity index (χ0v) is 13.5. The van der Waals surface area contributed by atoms with Crippen molar-refractivity contribution in [3.8, 4) is 0 Å². The van der Waals surface area contributed by atoms with Gasteiger partial charge in [0, 0.05) is 44.4 Å². The summed E-state index contributed by atoms with van der Waals surface area (Å²) in [6, 6.07) is 4.68. The summed E-state index contributed by atoms with van der Waals surface area (Å²) in [5, 5.41) is 0. The SMILES string of the molecule is COCCN(CCOC)C(CN)c1ccc(F)cc1Br. The molecule has 20 heavy (non-hydrogen) atoms. The highest BCUT2D eigenvalue weighted by Crippen LogP contribution is 2.28. The van der Waals surface area contributed by atoms with Crippen LogP contribution in [0.3, 0.4) is 0 Å². The molecule has 0 aliphatic rings. The molecule has 1 rings (SSSR count). The molecule has 2 N–H and O–H groups in total. The summed E-state index contributed by atoms with van der Waals surface area (Å²) < 4.78 is 24.2. The van der Waals surface area contributed by atoms with Crippen molar-refractivity contribution in [3.05, 3.63) is 34.1 Å². The fourth-order valence-corrected chi connectivity index (χ4v) is 2.70. The highest BCUT2D eigenvalue weighted by molar-refractivity contribution is 9.10. The van der Waals surface area contributed by atoms with Gasteiger partial charge in [-0.3, -0.25) is 4.90 Å². The van der Waals surface area contributed by atoms with Crippen molar-refractivity contribution in [1.82, 2.24) is 4.90 Å². The minimum Gasteiger partial charge on any atom is -0.383 e. The summed E-state index contributed by atoms with van der Waals surface area (Å²) in [6.07, 6.45) is 0. The first-order valence-electron chi connectivity index (χ1n) is 6.51. The van der Waals surface area contributed by atoms with Crippen LogP contribution < -0.4 is 5.73 Å². The molecule has 1 unspecified atom stereocenters.